The Morgan fingerprint density at radius 1 is 1.30 bits per heavy atom. The maximum atomic E-state index is 12.3. The molecule has 0 bridgehead atoms. The van der Waals surface area contributed by atoms with E-state index in [1.54, 1.807) is 26.4 Å². The van der Waals surface area contributed by atoms with Gasteiger partial charge in [-0.25, -0.2) is 0 Å². The van der Waals surface area contributed by atoms with Crippen molar-refractivity contribution < 1.29 is 14.3 Å². The van der Waals surface area contributed by atoms with E-state index in [2.05, 4.69) is 17.6 Å². The molecule has 1 aromatic rings. The zero-order chi connectivity index (χ0) is 14.5. The van der Waals surface area contributed by atoms with Crippen LogP contribution in [0.1, 0.15) is 19.8 Å². The van der Waals surface area contributed by atoms with Crippen LogP contribution in [0.4, 0.5) is 5.69 Å². The van der Waals surface area contributed by atoms with E-state index < -0.39 is 0 Å². The van der Waals surface area contributed by atoms with Gasteiger partial charge in [-0.15, -0.1) is 0 Å². The fourth-order valence-electron chi connectivity index (χ4n) is 2.53. The van der Waals surface area contributed by atoms with Crippen LogP contribution in [0, 0.1) is 5.92 Å². The molecule has 1 heterocycles. The molecule has 20 heavy (non-hydrogen) atoms. The van der Waals surface area contributed by atoms with E-state index in [4.69, 9.17) is 9.47 Å². The summed E-state index contributed by atoms with van der Waals surface area (Å²) in [6.45, 7) is 3.00. The minimum atomic E-state index is -0.128. The maximum Gasteiger partial charge on any atom is 0.241 e. The molecule has 2 atom stereocenters. The van der Waals surface area contributed by atoms with Crippen molar-refractivity contribution in [2.45, 2.75) is 25.8 Å². The van der Waals surface area contributed by atoms with E-state index in [-0.39, 0.29) is 11.9 Å². The van der Waals surface area contributed by atoms with E-state index in [0.717, 1.165) is 19.4 Å². The van der Waals surface area contributed by atoms with Crippen molar-refractivity contribution in [1.82, 2.24) is 5.32 Å². The summed E-state index contributed by atoms with van der Waals surface area (Å²) in [7, 11) is 3.16. The van der Waals surface area contributed by atoms with Crippen molar-refractivity contribution >= 4 is 11.6 Å². The molecule has 1 aliphatic heterocycles. The number of hydrogen-bond acceptors (Lipinski definition) is 4. The predicted octanol–water partition coefficient (Wildman–Crippen LogP) is 2.03. The Morgan fingerprint density at radius 2 is 2.05 bits per heavy atom. The van der Waals surface area contributed by atoms with E-state index in [0.29, 0.717) is 23.1 Å². The van der Waals surface area contributed by atoms with Crippen molar-refractivity contribution in [3.05, 3.63) is 18.2 Å². The maximum absolute atomic E-state index is 12.3. The summed E-state index contributed by atoms with van der Waals surface area (Å²) in [5.74, 6) is 1.61. The Hall–Kier alpha value is -1.75. The summed E-state index contributed by atoms with van der Waals surface area (Å²) in [5.41, 5.74) is 0.715. The molecule has 1 aliphatic rings. The van der Waals surface area contributed by atoms with Crippen LogP contribution < -0.4 is 20.1 Å². The van der Waals surface area contributed by atoms with Crippen molar-refractivity contribution in [3.63, 3.8) is 0 Å². The van der Waals surface area contributed by atoms with Crippen molar-refractivity contribution in [2.24, 2.45) is 5.92 Å². The number of anilines is 1. The first kappa shape index (κ1) is 14.7. The zero-order valence-electron chi connectivity index (χ0n) is 12.2. The molecular weight excluding hydrogens is 256 g/mol. The summed E-state index contributed by atoms with van der Waals surface area (Å²) >= 11 is 0. The molecule has 1 fully saturated rings. The lowest BCUT2D eigenvalue weighted by atomic mass is 9.92. The van der Waals surface area contributed by atoms with Crippen LogP contribution in [-0.2, 0) is 4.79 Å². The molecule has 5 heteroatoms. The third-order valence-electron chi connectivity index (χ3n) is 3.70. The van der Waals surface area contributed by atoms with Crippen LogP contribution in [0.5, 0.6) is 11.5 Å². The fourth-order valence-corrected chi connectivity index (χ4v) is 2.53. The molecule has 5 nitrogen and oxygen atoms in total. The lowest BCUT2D eigenvalue weighted by molar-refractivity contribution is -0.119. The van der Waals surface area contributed by atoms with E-state index >= 15 is 0 Å². The van der Waals surface area contributed by atoms with Gasteiger partial charge in [-0.1, -0.05) is 6.92 Å². The second kappa shape index (κ2) is 6.61. The Balaban J connectivity index is 2.07. The molecule has 110 valence electrons. The first-order valence-electron chi connectivity index (χ1n) is 6.92. The molecular formula is C15H22N2O3. The summed E-state index contributed by atoms with van der Waals surface area (Å²) in [5, 5.41) is 6.20. The minimum Gasteiger partial charge on any atom is -0.493 e. The fraction of sp³-hybridized carbons (Fsp3) is 0.533. The average molecular weight is 278 g/mol. The van der Waals surface area contributed by atoms with Gasteiger partial charge in [0, 0.05) is 11.8 Å². The number of benzene rings is 1. The van der Waals surface area contributed by atoms with Crippen LogP contribution in [0.25, 0.3) is 0 Å². The number of piperidine rings is 1. The van der Waals surface area contributed by atoms with Gasteiger partial charge in [0.2, 0.25) is 5.91 Å². The number of amides is 1. The van der Waals surface area contributed by atoms with Gasteiger partial charge in [0.15, 0.2) is 11.5 Å². The number of hydrogen-bond donors (Lipinski definition) is 2. The molecule has 1 aromatic carbocycles. The minimum absolute atomic E-state index is 0.00409. The van der Waals surface area contributed by atoms with Gasteiger partial charge >= 0.3 is 0 Å². The summed E-state index contributed by atoms with van der Waals surface area (Å²) in [4.78, 5) is 12.3. The summed E-state index contributed by atoms with van der Waals surface area (Å²) in [6.07, 6.45) is 2.21. The van der Waals surface area contributed by atoms with Gasteiger partial charge in [0.1, 0.15) is 0 Å². The molecule has 0 spiro atoms. The van der Waals surface area contributed by atoms with Crippen molar-refractivity contribution in [1.29, 1.82) is 0 Å². The topological polar surface area (TPSA) is 59.6 Å². The molecule has 2 unspecified atom stereocenters. The molecule has 2 rings (SSSR count). The van der Waals surface area contributed by atoms with Crippen LogP contribution in [0.2, 0.25) is 0 Å². The van der Waals surface area contributed by atoms with Gasteiger partial charge < -0.3 is 20.1 Å². The Bertz CT molecular complexity index is 476. The standard InChI is InChI=1S/C15H22N2O3/c1-10-5-4-8-16-14(10)15(18)17-11-6-7-12(19-2)13(9-11)20-3/h6-7,9-10,14,16H,4-5,8H2,1-3H3,(H,17,18). The van der Waals surface area contributed by atoms with Gasteiger partial charge in [0.05, 0.1) is 20.3 Å². The predicted molar refractivity (Wildman–Crippen MR) is 78.4 cm³/mol. The number of rotatable bonds is 4. The Labute approximate surface area is 119 Å². The second-order valence-corrected chi connectivity index (χ2v) is 5.11. The van der Waals surface area contributed by atoms with Gasteiger partial charge in [0.25, 0.3) is 0 Å². The van der Waals surface area contributed by atoms with Gasteiger partial charge in [-0.3, -0.25) is 4.79 Å². The van der Waals surface area contributed by atoms with E-state index in [1.165, 1.54) is 0 Å². The zero-order valence-corrected chi connectivity index (χ0v) is 12.2. The third kappa shape index (κ3) is 3.22. The molecule has 0 aliphatic carbocycles. The Morgan fingerprint density at radius 3 is 2.70 bits per heavy atom. The molecule has 0 radical (unpaired) electrons. The Kier molecular flexibility index (Phi) is 4.84. The largest absolute Gasteiger partial charge is 0.493 e. The quantitative estimate of drug-likeness (QED) is 0.884. The molecule has 0 aromatic heterocycles. The SMILES string of the molecule is COc1ccc(NC(=O)C2NCCCC2C)cc1OC. The van der Waals surface area contributed by atoms with Crippen molar-refractivity contribution in [3.8, 4) is 11.5 Å². The molecule has 2 N–H and O–H groups in total. The lowest BCUT2D eigenvalue weighted by Gasteiger charge is -2.29. The second-order valence-electron chi connectivity index (χ2n) is 5.11. The highest BCUT2D eigenvalue weighted by molar-refractivity contribution is 5.95. The highest BCUT2D eigenvalue weighted by atomic mass is 16.5. The molecule has 1 saturated heterocycles. The highest BCUT2D eigenvalue weighted by Gasteiger charge is 2.27. The van der Waals surface area contributed by atoms with Crippen LogP contribution in [0.3, 0.4) is 0 Å². The summed E-state index contributed by atoms with van der Waals surface area (Å²) in [6, 6.07) is 5.24. The number of nitrogens with one attached hydrogen (secondary N) is 2. The number of carbonyl (C=O) groups is 1. The van der Waals surface area contributed by atoms with E-state index in [9.17, 15) is 4.79 Å². The number of methoxy groups -OCH3 is 2. The van der Waals surface area contributed by atoms with Crippen LogP contribution >= 0.6 is 0 Å². The lowest BCUT2D eigenvalue weighted by Crippen LogP contribution is -2.48. The van der Waals surface area contributed by atoms with Gasteiger partial charge in [-0.2, -0.15) is 0 Å². The highest BCUT2D eigenvalue weighted by Crippen LogP contribution is 2.30. The first-order chi connectivity index (χ1) is 9.65. The summed E-state index contributed by atoms with van der Waals surface area (Å²) < 4.78 is 10.4. The smallest absolute Gasteiger partial charge is 0.241 e. The van der Waals surface area contributed by atoms with E-state index in [1.807, 2.05) is 6.07 Å². The van der Waals surface area contributed by atoms with Crippen molar-refractivity contribution in [2.75, 3.05) is 26.1 Å². The normalized spacial score (nSPS) is 22.1. The first-order valence-corrected chi connectivity index (χ1v) is 6.92. The van der Waals surface area contributed by atoms with Crippen LogP contribution in [0.15, 0.2) is 18.2 Å². The number of ether oxygens (including phenoxy) is 2. The van der Waals surface area contributed by atoms with Crippen LogP contribution in [-0.4, -0.2) is 32.7 Å². The average Bonchev–Trinajstić information content (AvgIpc) is 2.47. The molecule has 0 saturated carbocycles. The molecule has 1 amide bonds. The van der Waals surface area contributed by atoms with Gasteiger partial charge in [-0.05, 0) is 37.4 Å². The third-order valence-corrected chi connectivity index (χ3v) is 3.70. The monoisotopic (exact) mass is 278 g/mol. The number of carbonyl (C=O) groups excluding carboxylic acids is 1.